The third-order valence-electron chi connectivity index (χ3n) is 4.65. The fourth-order valence-corrected chi connectivity index (χ4v) is 3.36. The van der Waals surface area contributed by atoms with Crippen LogP contribution in [0, 0.1) is 10.1 Å². The monoisotopic (exact) mass is 383 g/mol. The number of para-hydroxylation sites is 1. The second kappa shape index (κ2) is 8.56. The molecule has 7 nitrogen and oxygen atoms in total. The molecule has 0 radical (unpaired) electrons. The number of nitrogens with zero attached hydrogens (tertiary/aromatic N) is 1. The van der Waals surface area contributed by atoms with Crippen LogP contribution in [0.1, 0.15) is 30.4 Å². The highest BCUT2D eigenvalue weighted by atomic mass is 16.7. The lowest BCUT2D eigenvalue weighted by atomic mass is 9.88. The molecule has 0 bridgehead atoms. The van der Waals surface area contributed by atoms with Crippen molar-refractivity contribution in [2.75, 3.05) is 7.11 Å². The van der Waals surface area contributed by atoms with E-state index in [0.29, 0.717) is 23.3 Å². The Balaban J connectivity index is 1.92. The van der Waals surface area contributed by atoms with Crippen LogP contribution in [0.2, 0.25) is 0 Å². The van der Waals surface area contributed by atoms with Gasteiger partial charge < -0.3 is 14.2 Å². The molecule has 0 aromatic heterocycles. The lowest BCUT2D eigenvalue weighted by Gasteiger charge is -2.17. The Labute approximate surface area is 162 Å². The van der Waals surface area contributed by atoms with Crippen molar-refractivity contribution in [2.24, 2.45) is 0 Å². The van der Waals surface area contributed by atoms with E-state index in [1.54, 1.807) is 24.3 Å². The summed E-state index contributed by atoms with van der Waals surface area (Å²) in [5.74, 6) is -1.01. The molecule has 1 aliphatic heterocycles. The largest absolute Gasteiger partial charge is 0.496 e. The van der Waals surface area contributed by atoms with Crippen LogP contribution < -0.4 is 4.74 Å². The van der Waals surface area contributed by atoms with Gasteiger partial charge in [0.25, 0.3) is 0 Å². The van der Waals surface area contributed by atoms with Crippen LogP contribution in [0.15, 0.2) is 65.9 Å². The van der Waals surface area contributed by atoms with Crippen molar-refractivity contribution in [3.05, 3.63) is 87.2 Å². The fourth-order valence-electron chi connectivity index (χ4n) is 3.36. The number of hydrogen-bond donors (Lipinski definition) is 0. The summed E-state index contributed by atoms with van der Waals surface area (Å²) >= 11 is 0. The highest BCUT2D eigenvalue weighted by molar-refractivity contribution is 5.88. The van der Waals surface area contributed by atoms with E-state index in [9.17, 15) is 14.9 Å². The van der Waals surface area contributed by atoms with Gasteiger partial charge in [-0.2, -0.15) is 0 Å². The van der Waals surface area contributed by atoms with Gasteiger partial charge in [0.05, 0.1) is 12.0 Å². The van der Waals surface area contributed by atoms with E-state index in [0.717, 1.165) is 5.56 Å². The second-order valence-corrected chi connectivity index (χ2v) is 6.28. The Bertz CT molecular complexity index is 893. The zero-order chi connectivity index (χ0) is 20.1. The van der Waals surface area contributed by atoms with Crippen molar-refractivity contribution in [2.45, 2.75) is 32.1 Å². The van der Waals surface area contributed by atoms with E-state index in [4.69, 9.17) is 14.2 Å². The number of carbonyl (C=O) groups excluding carboxylic acids is 1. The molecule has 146 valence electrons. The normalized spacial score (nSPS) is 18.5. The van der Waals surface area contributed by atoms with Crippen molar-refractivity contribution < 1.29 is 23.9 Å². The molecule has 0 aliphatic carbocycles. The molecule has 1 aliphatic rings. The molecule has 0 fully saturated rings. The summed E-state index contributed by atoms with van der Waals surface area (Å²) in [4.78, 5) is 23.8. The Hall–Kier alpha value is -3.35. The Morgan fingerprint density at radius 3 is 2.46 bits per heavy atom. The molecule has 28 heavy (non-hydrogen) atoms. The van der Waals surface area contributed by atoms with Gasteiger partial charge in [0.15, 0.2) is 0 Å². The summed E-state index contributed by atoms with van der Waals surface area (Å²) in [5, 5.41) is 11.7. The van der Waals surface area contributed by atoms with Gasteiger partial charge in [-0.3, -0.25) is 10.1 Å². The number of methoxy groups -OCH3 is 1. The van der Waals surface area contributed by atoms with Crippen molar-refractivity contribution in [3.63, 3.8) is 0 Å². The van der Waals surface area contributed by atoms with E-state index in [1.165, 1.54) is 7.11 Å². The van der Waals surface area contributed by atoms with Gasteiger partial charge in [-0.05, 0) is 23.6 Å². The zero-order valence-electron chi connectivity index (χ0n) is 15.7. The molecule has 0 spiro atoms. The minimum Gasteiger partial charge on any atom is -0.496 e. The van der Waals surface area contributed by atoms with Crippen LogP contribution >= 0.6 is 0 Å². The molecule has 3 rings (SSSR count). The average Bonchev–Trinajstić information content (AvgIpc) is 3.12. The van der Waals surface area contributed by atoms with Gasteiger partial charge in [0, 0.05) is 5.56 Å². The molecule has 1 heterocycles. The predicted molar refractivity (Wildman–Crippen MR) is 101 cm³/mol. The molecular formula is C21H21NO6. The van der Waals surface area contributed by atoms with Gasteiger partial charge in [-0.25, -0.2) is 4.79 Å². The van der Waals surface area contributed by atoms with Gasteiger partial charge in [-0.1, -0.05) is 55.5 Å². The van der Waals surface area contributed by atoms with Crippen molar-refractivity contribution in [1.82, 2.24) is 0 Å². The highest BCUT2D eigenvalue weighted by Gasteiger charge is 2.48. The van der Waals surface area contributed by atoms with E-state index < -0.39 is 23.0 Å². The fraction of sp³-hybridized carbons (Fsp3) is 0.286. The number of carbonyl (C=O) groups is 1. The first-order valence-electron chi connectivity index (χ1n) is 8.94. The minimum atomic E-state index is -1.41. The molecule has 0 N–H and O–H groups in total. The molecule has 0 saturated carbocycles. The maximum absolute atomic E-state index is 12.6. The molecule has 0 saturated heterocycles. The number of esters is 1. The maximum atomic E-state index is 12.6. The van der Waals surface area contributed by atoms with E-state index in [1.807, 2.05) is 37.3 Å². The number of benzene rings is 2. The van der Waals surface area contributed by atoms with Crippen LogP contribution in [0.25, 0.3) is 0 Å². The molecule has 2 aromatic rings. The highest BCUT2D eigenvalue weighted by Crippen LogP contribution is 2.44. The summed E-state index contributed by atoms with van der Waals surface area (Å²) in [6.45, 7) is 1.89. The third-order valence-corrected chi connectivity index (χ3v) is 4.65. The van der Waals surface area contributed by atoms with Crippen molar-refractivity contribution in [3.8, 4) is 5.75 Å². The van der Waals surface area contributed by atoms with Gasteiger partial charge in [0.1, 0.15) is 18.3 Å². The molecule has 2 atom stereocenters. The zero-order valence-corrected chi connectivity index (χ0v) is 15.7. The summed E-state index contributed by atoms with van der Waals surface area (Å²) in [5.41, 5.74) is 1.96. The first-order valence-corrected chi connectivity index (χ1v) is 8.94. The third kappa shape index (κ3) is 3.83. The topological polar surface area (TPSA) is 87.9 Å². The molecule has 7 heteroatoms. The smallest absolute Gasteiger partial charge is 0.374 e. The number of nitro groups is 1. The lowest BCUT2D eigenvalue weighted by Crippen LogP contribution is -2.27. The maximum Gasteiger partial charge on any atom is 0.374 e. The molecule has 2 aromatic carbocycles. The van der Waals surface area contributed by atoms with Crippen LogP contribution in [0.4, 0.5) is 0 Å². The standard InChI is InChI=1S/C21H21NO6/c1-3-15-18(16-11-7-8-12-17(16)26-2)20(22(24)25)28-19(15)21(23)27-13-14-9-5-4-6-10-14/h4-12,18,20H,3,13H2,1-2H3/t18-,20+/m1/s1. The number of rotatable bonds is 7. The molecule has 0 amide bonds. The quantitative estimate of drug-likeness (QED) is 0.410. The van der Waals surface area contributed by atoms with Crippen molar-refractivity contribution >= 4 is 5.97 Å². The van der Waals surface area contributed by atoms with Gasteiger partial charge >= 0.3 is 12.2 Å². The average molecular weight is 383 g/mol. The number of hydrogen-bond acceptors (Lipinski definition) is 6. The van der Waals surface area contributed by atoms with Crippen molar-refractivity contribution in [1.29, 1.82) is 0 Å². The van der Waals surface area contributed by atoms with E-state index in [-0.39, 0.29) is 12.4 Å². The SMILES string of the molecule is CCC1=C(C(=O)OCc2ccccc2)O[C@H]([N+](=O)[O-])[C@H]1c1ccccc1OC. The van der Waals surface area contributed by atoms with Crippen LogP contribution in [0.3, 0.4) is 0 Å². The minimum absolute atomic E-state index is 0.0615. The first kappa shape index (κ1) is 19.4. The summed E-state index contributed by atoms with van der Waals surface area (Å²) < 4.78 is 16.2. The van der Waals surface area contributed by atoms with Gasteiger partial charge in [-0.15, -0.1) is 0 Å². The molecule has 0 unspecified atom stereocenters. The predicted octanol–water partition coefficient (Wildman–Crippen LogP) is 3.82. The summed E-state index contributed by atoms with van der Waals surface area (Å²) in [7, 11) is 1.50. The number of ether oxygens (including phenoxy) is 3. The summed E-state index contributed by atoms with van der Waals surface area (Å²) in [6, 6.07) is 16.2. The second-order valence-electron chi connectivity index (χ2n) is 6.28. The Kier molecular flexibility index (Phi) is 5.93. The van der Waals surface area contributed by atoms with Crippen LogP contribution in [-0.2, 0) is 20.9 Å². The summed E-state index contributed by atoms with van der Waals surface area (Å²) in [6.07, 6.45) is -1.01. The lowest BCUT2D eigenvalue weighted by molar-refractivity contribution is -0.570. The Morgan fingerprint density at radius 1 is 1.14 bits per heavy atom. The first-order chi connectivity index (χ1) is 13.6. The van der Waals surface area contributed by atoms with Crippen LogP contribution in [0.5, 0.6) is 5.75 Å². The Morgan fingerprint density at radius 2 is 1.82 bits per heavy atom. The van der Waals surface area contributed by atoms with E-state index >= 15 is 0 Å². The van der Waals surface area contributed by atoms with Crippen LogP contribution in [-0.4, -0.2) is 24.2 Å². The molecular weight excluding hydrogens is 362 g/mol. The van der Waals surface area contributed by atoms with E-state index in [2.05, 4.69) is 0 Å². The van der Waals surface area contributed by atoms with Gasteiger partial charge in [0.2, 0.25) is 5.76 Å².